The maximum absolute atomic E-state index is 5.54. The summed E-state index contributed by atoms with van der Waals surface area (Å²) in [5.41, 5.74) is 6.06. The molecule has 1 fully saturated rings. The first-order valence-electron chi connectivity index (χ1n) is 4.24. The summed E-state index contributed by atoms with van der Waals surface area (Å²) >= 11 is 0. The Morgan fingerprint density at radius 2 is 1.80 bits per heavy atom. The third kappa shape index (κ3) is 1.51. The fraction of sp³-hybridized carbons (Fsp3) is 1.00. The van der Waals surface area contributed by atoms with Gasteiger partial charge in [-0.25, -0.2) is 0 Å². The van der Waals surface area contributed by atoms with Gasteiger partial charge in [-0.2, -0.15) is 0 Å². The molecule has 60 valence electrons. The Morgan fingerprint density at radius 3 is 2.10 bits per heavy atom. The zero-order valence-corrected chi connectivity index (χ0v) is 7.35. The van der Waals surface area contributed by atoms with E-state index in [2.05, 4.69) is 20.8 Å². The van der Waals surface area contributed by atoms with Crippen molar-refractivity contribution in [3.63, 3.8) is 0 Å². The monoisotopic (exact) mass is 141 g/mol. The van der Waals surface area contributed by atoms with Crippen LogP contribution < -0.4 is 5.73 Å². The molecule has 1 heteroatoms. The summed E-state index contributed by atoms with van der Waals surface area (Å²) in [7, 11) is 0. The van der Waals surface area contributed by atoms with Crippen LogP contribution in [0.5, 0.6) is 0 Å². The van der Waals surface area contributed by atoms with Crippen molar-refractivity contribution in [2.45, 2.75) is 33.6 Å². The average molecular weight is 141 g/mol. The second-order valence-corrected chi connectivity index (χ2v) is 4.64. The minimum Gasteiger partial charge on any atom is -0.330 e. The highest BCUT2D eigenvalue weighted by Crippen LogP contribution is 2.44. The molecule has 0 amide bonds. The van der Waals surface area contributed by atoms with E-state index in [1.165, 1.54) is 12.8 Å². The lowest BCUT2D eigenvalue weighted by molar-refractivity contribution is 0.0808. The number of hydrogen-bond donors (Lipinski definition) is 1. The van der Waals surface area contributed by atoms with Crippen molar-refractivity contribution in [2.75, 3.05) is 6.54 Å². The van der Waals surface area contributed by atoms with E-state index in [4.69, 9.17) is 5.73 Å². The summed E-state index contributed by atoms with van der Waals surface area (Å²) in [4.78, 5) is 0. The Morgan fingerprint density at radius 1 is 1.30 bits per heavy atom. The minimum absolute atomic E-state index is 0.520. The van der Waals surface area contributed by atoms with Crippen molar-refractivity contribution in [2.24, 2.45) is 23.0 Å². The molecule has 0 heterocycles. The van der Waals surface area contributed by atoms with Crippen molar-refractivity contribution in [1.82, 2.24) is 0 Å². The Kier molecular flexibility index (Phi) is 2.04. The van der Waals surface area contributed by atoms with Crippen LogP contribution in [0.25, 0.3) is 0 Å². The molecular formula is C9H19N. The van der Waals surface area contributed by atoms with E-state index in [0.29, 0.717) is 5.41 Å². The van der Waals surface area contributed by atoms with E-state index < -0.39 is 0 Å². The van der Waals surface area contributed by atoms with Crippen LogP contribution in [-0.2, 0) is 0 Å². The summed E-state index contributed by atoms with van der Waals surface area (Å²) < 4.78 is 0. The summed E-state index contributed by atoms with van der Waals surface area (Å²) in [5, 5.41) is 0. The molecule has 0 bridgehead atoms. The molecule has 1 nitrogen and oxygen atoms in total. The maximum Gasteiger partial charge on any atom is -0.00487 e. The SMILES string of the molecule is CC(C)(C)C1CC(CN)C1. The quantitative estimate of drug-likeness (QED) is 0.594. The Hall–Kier alpha value is -0.0400. The minimum atomic E-state index is 0.520. The number of hydrogen-bond acceptors (Lipinski definition) is 1. The van der Waals surface area contributed by atoms with Gasteiger partial charge in [-0.05, 0) is 36.6 Å². The van der Waals surface area contributed by atoms with Crippen LogP contribution in [-0.4, -0.2) is 6.54 Å². The van der Waals surface area contributed by atoms with E-state index in [9.17, 15) is 0 Å². The van der Waals surface area contributed by atoms with E-state index >= 15 is 0 Å². The van der Waals surface area contributed by atoms with Gasteiger partial charge in [-0.3, -0.25) is 0 Å². The second kappa shape index (κ2) is 2.54. The highest BCUT2D eigenvalue weighted by atomic mass is 14.6. The standard InChI is InChI=1S/C9H19N/c1-9(2,3)8-4-7(5-8)6-10/h7-8H,4-6,10H2,1-3H3. The lowest BCUT2D eigenvalue weighted by Crippen LogP contribution is -2.37. The van der Waals surface area contributed by atoms with E-state index in [0.717, 1.165) is 18.4 Å². The van der Waals surface area contributed by atoms with E-state index in [-0.39, 0.29) is 0 Å². The van der Waals surface area contributed by atoms with E-state index in [1.807, 2.05) is 0 Å². The molecule has 0 saturated heterocycles. The van der Waals surface area contributed by atoms with Crippen LogP contribution in [0.15, 0.2) is 0 Å². The summed E-state index contributed by atoms with van der Waals surface area (Å²) in [6.45, 7) is 7.87. The van der Waals surface area contributed by atoms with Gasteiger partial charge in [0.15, 0.2) is 0 Å². The molecule has 0 atom stereocenters. The smallest absolute Gasteiger partial charge is 0.00487 e. The van der Waals surface area contributed by atoms with E-state index in [1.54, 1.807) is 0 Å². The first-order valence-corrected chi connectivity index (χ1v) is 4.24. The normalized spacial score (nSPS) is 33.6. The first kappa shape index (κ1) is 8.06. The molecule has 0 spiro atoms. The average Bonchev–Trinajstić information content (AvgIpc) is 1.57. The summed E-state index contributed by atoms with van der Waals surface area (Å²) in [5.74, 6) is 1.77. The second-order valence-electron chi connectivity index (χ2n) is 4.64. The predicted octanol–water partition coefficient (Wildman–Crippen LogP) is 2.02. The Labute approximate surface area is 64.0 Å². The zero-order chi connectivity index (χ0) is 7.78. The van der Waals surface area contributed by atoms with Crippen molar-refractivity contribution in [1.29, 1.82) is 0 Å². The van der Waals surface area contributed by atoms with Gasteiger partial charge in [-0.1, -0.05) is 20.8 Å². The van der Waals surface area contributed by atoms with Crippen LogP contribution in [0.4, 0.5) is 0 Å². The molecule has 1 saturated carbocycles. The summed E-state index contributed by atoms with van der Waals surface area (Å²) in [6.07, 6.45) is 2.72. The predicted molar refractivity (Wildman–Crippen MR) is 44.7 cm³/mol. The van der Waals surface area contributed by atoms with Gasteiger partial charge in [0.25, 0.3) is 0 Å². The summed E-state index contributed by atoms with van der Waals surface area (Å²) in [6, 6.07) is 0. The molecule has 0 aromatic heterocycles. The largest absolute Gasteiger partial charge is 0.330 e. The molecule has 0 unspecified atom stereocenters. The Bertz CT molecular complexity index is 106. The van der Waals surface area contributed by atoms with Gasteiger partial charge in [-0.15, -0.1) is 0 Å². The molecule has 0 aromatic carbocycles. The fourth-order valence-electron chi connectivity index (χ4n) is 1.64. The lowest BCUT2D eigenvalue weighted by atomic mass is 9.63. The third-order valence-electron chi connectivity index (χ3n) is 2.79. The molecule has 10 heavy (non-hydrogen) atoms. The van der Waals surface area contributed by atoms with Crippen LogP contribution in [0, 0.1) is 17.3 Å². The van der Waals surface area contributed by atoms with Crippen molar-refractivity contribution >= 4 is 0 Å². The maximum atomic E-state index is 5.54. The molecule has 0 aliphatic heterocycles. The third-order valence-corrected chi connectivity index (χ3v) is 2.79. The van der Waals surface area contributed by atoms with Gasteiger partial charge < -0.3 is 5.73 Å². The molecule has 1 rings (SSSR count). The van der Waals surface area contributed by atoms with Gasteiger partial charge >= 0.3 is 0 Å². The molecule has 2 N–H and O–H groups in total. The van der Waals surface area contributed by atoms with Crippen LogP contribution >= 0.6 is 0 Å². The molecule has 1 aliphatic carbocycles. The molecular weight excluding hydrogens is 122 g/mol. The zero-order valence-electron chi connectivity index (χ0n) is 7.35. The highest BCUT2D eigenvalue weighted by Gasteiger charge is 2.35. The Balaban J connectivity index is 2.26. The number of rotatable bonds is 1. The van der Waals surface area contributed by atoms with Crippen LogP contribution in [0.1, 0.15) is 33.6 Å². The molecule has 1 aliphatic rings. The van der Waals surface area contributed by atoms with Crippen LogP contribution in [0.3, 0.4) is 0 Å². The van der Waals surface area contributed by atoms with Gasteiger partial charge in [0, 0.05) is 0 Å². The lowest BCUT2D eigenvalue weighted by Gasteiger charge is -2.43. The van der Waals surface area contributed by atoms with Gasteiger partial charge in [0.2, 0.25) is 0 Å². The topological polar surface area (TPSA) is 26.0 Å². The van der Waals surface area contributed by atoms with Crippen molar-refractivity contribution in [3.8, 4) is 0 Å². The molecule has 0 aromatic rings. The van der Waals surface area contributed by atoms with Crippen molar-refractivity contribution in [3.05, 3.63) is 0 Å². The molecule has 0 radical (unpaired) electrons. The highest BCUT2D eigenvalue weighted by molar-refractivity contribution is 4.87. The van der Waals surface area contributed by atoms with Crippen LogP contribution in [0.2, 0.25) is 0 Å². The van der Waals surface area contributed by atoms with Gasteiger partial charge in [0.1, 0.15) is 0 Å². The van der Waals surface area contributed by atoms with Gasteiger partial charge in [0.05, 0.1) is 0 Å². The fourth-order valence-corrected chi connectivity index (χ4v) is 1.64. The number of nitrogens with two attached hydrogens (primary N) is 1. The van der Waals surface area contributed by atoms with Crippen molar-refractivity contribution < 1.29 is 0 Å². The first-order chi connectivity index (χ1) is 4.54.